The van der Waals surface area contributed by atoms with Crippen molar-refractivity contribution in [1.82, 2.24) is 4.90 Å². The van der Waals surface area contributed by atoms with Gasteiger partial charge < -0.3 is 10.6 Å². The van der Waals surface area contributed by atoms with Crippen LogP contribution in [-0.4, -0.2) is 36.4 Å². The van der Waals surface area contributed by atoms with Gasteiger partial charge in [0.1, 0.15) is 6.07 Å². The van der Waals surface area contributed by atoms with Gasteiger partial charge in [-0.2, -0.15) is 10.4 Å². The Morgan fingerprint density at radius 3 is 2.50 bits per heavy atom. The Balaban J connectivity index is 2.71. The number of amidine groups is 1. The largest absolute Gasteiger partial charge is 0.382 e. The summed E-state index contributed by atoms with van der Waals surface area (Å²) >= 11 is 0. The van der Waals surface area contributed by atoms with Gasteiger partial charge in [-0.25, -0.2) is 0 Å². The molecule has 0 aliphatic rings. The molecule has 0 heterocycles. The van der Waals surface area contributed by atoms with Crippen molar-refractivity contribution in [3.8, 4) is 6.07 Å². The van der Waals surface area contributed by atoms with Crippen LogP contribution < -0.4 is 11.2 Å². The smallest absolute Gasteiger partial charge is 0.226 e. The Hall–Kier alpha value is -2.88. The molecule has 7 heteroatoms. The maximum atomic E-state index is 11.5. The summed E-state index contributed by atoms with van der Waals surface area (Å²) in [6, 6.07) is 8.76. The van der Waals surface area contributed by atoms with E-state index in [0.717, 1.165) is 5.56 Å². The summed E-state index contributed by atoms with van der Waals surface area (Å²) < 4.78 is 0. The molecule has 0 saturated carbocycles. The Kier molecular flexibility index (Phi) is 5.23. The van der Waals surface area contributed by atoms with E-state index in [1.807, 2.05) is 0 Å². The maximum absolute atomic E-state index is 11.5. The van der Waals surface area contributed by atoms with E-state index in [1.165, 1.54) is 4.90 Å². The molecule has 0 spiro atoms. The third-order valence-electron chi connectivity index (χ3n) is 2.47. The van der Waals surface area contributed by atoms with Crippen molar-refractivity contribution in [2.45, 2.75) is 6.42 Å². The Morgan fingerprint density at radius 1 is 1.45 bits per heavy atom. The van der Waals surface area contributed by atoms with E-state index in [4.69, 9.17) is 16.4 Å². The lowest BCUT2D eigenvalue weighted by Gasteiger charge is -2.10. The number of anilines is 1. The van der Waals surface area contributed by atoms with E-state index >= 15 is 0 Å². The summed E-state index contributed by atoms with van der Waals surface area (Å²) in [6.45, 7) is 0. The molecule has 0 atom stereocenters. The third kappa shape index (κ3) is 4.42. The van der Waals surface area contributed by atoms with Gasteiger partial charge in [0, 0.05) is 14.1 Å². The number of hydrogen-bond acceptors (Lipinski definition) is 5. The molecular weight excluding hydrogens is 256 g/mol. The average Bonchev–Trinajstić information content (AvgIpc) is 2.40. The number of rotatable bonds is 5. The molecule has 4 N–H and O–H groups in total. The van der Waals surface area contributed by atoms with Crippen LogP contribution in [0.25, 0.3) is 0 Å². The molecule has 104 valence electrons. The fourth-order valence-corrected chi connectivity index (χ4v) is 1.30. The van der Waals surface area contributed by atoms with Crippen molar-refractivity contribution < 1.29 is 4.79 Å². The highest BCUT2D eigenvalue weighted by Crippen LogP contribution is 2.10. The van der Waals surface area contributed by atoms with E-state index in [-0.39, 0.29) is 11.6 Å². The first-order chi connectivity index (χ1) is 9.43. The van der Waals surface area contributed by atoms with Gasteiger partial charge in [0.05, 0.1) is 12.1 Å². The van der Waals surface area contributed by atoms with Crippen LogP contribution in [0, 0.1) is 16.7 Å². The number of hydrogen-bond donors (Lipinski definition) is 3. The van der Waals surface area contributed by atoms with Crippen LogP contribution in [0.4, 0.5) is 5.69 Å². The van der Waals surface area contributed by atoms with E-state index in [9.17, 15) is 4.79 Å². The molecule has 0 aromatic heterocycles. The first-order valence-electron chi connectivity index (χ1n) is 5.81. The summed E-state index contributed by atoms with van der Waals surface area (Å²) in [5.74, 6) is -0.375. The first-order valence-corrected chi connectivity index (χ1v) is 5.81. The minimum absolute atomic E-state index is 0.0204. The number of benzene rings is 1. The molecule has 0 aliphatic carbocycles. The molecule has 0 unspecified atom stereocenters. The van der Waals surface area contributed by atoms with Gasteiger partial charge >= 0.3 is 0 Å². The van der Waals surface area contributed by atoms with Crippen LogP contribution in [-0.2, 0) is 11.2 Å². The summed E-state index contributed by atoms with van der Waals surface area (Å²) in [5, 5.41) is 19.5. The third-order valence-corrected chi connectivity index (χ3v) is 2.47. The second-order valence-corrected chi connectivity index (χ2v) is 4.26. The molecule has 1 aromatic carbocycles. The van der Waals surface area contributed by atoms with Crippen molar-refractivity contribution in [1.29, 1.82) is 10.7 Å². The average molecular weight is 272 g/mol. The molecule has 1 amide bonds. The second kappa shape index (κ2) is 6.89. The lowest BCUT2D eigenvalue weighted by atomic mass is 10.1. The lowest BCUT2D eigenvalue weighted by molar-refractivity contribution is -0.127. The number of nitriles is 1. The molecule has 0 radical (unpaired) electrons. The Labute approximate surface area is 117 Å². The van der Waals surface area contributed by atoms with Crippen LogP contribution in [0.2, 0.25) is 0 Å². The summed E-state index contributed by atoms with van der Waals surface area (Å²) in [5.41, 5.74) is 9.13. The van der Waals surface area contributed by atoms with Crippen LogP contribution in [0.3, 0.4) is 0 Å². The molecule has 0 bridgehead atoms. The molecular formula is C13H16N6O. The topological polar surface area (TPSA) is 118 Å². The summed E-state index contributed by atoms with van der Waals surface area (Å²) in [4.78, 5) is 13.1. The zero-order valence-electron chi connectivity index (χ0n) is 11.3. The predicted molar refractivity (Wildman–Crippen MR) is 77.4 cm³/mol. The monoisotopic (exact) mass is 272 g/mol. The highest BCUT2D eigenvalue weighted by Gasteiger charge is 2.05. The van der Waals surface area contributed by atoms with Gasteiger partial charge in [-0.1, -0.05) is 12.1 Å². The molecule has 1 rings (SSSR count). The predicted octanol–water partition coefficient (Wildman–Crippen LogP) is 0.545. The Bertz CT molecular complexity index is 568. The van der Waals surface area contributed by atoms with Crippen LogP contribution in [0.1, 0.15) is 5.56 Å². The number of nitrogens with zero attached hydrogens (tertiary/aromatic N) is 3. The minimum atomic E-state index is -0.395. The zero-order chi connectivity index (χ0) is 15.1. The molecule has 7 nitrogen and oxygen atoms in total. The molecule has 0 fully saturated rings. The fourth-order valence-electron chi connectivity index (χ4n) is 1.30. The fraction of sp³-hybridized carbons (Fsp3) is 0.231. The molecule has 1 aromatic rings. The Morgan fingerprint density at radius 2 is 2.05 bits per heavy atom. The van der Waals surface area contributed by atoms with Crippen molar-refractivity contribution >= 4 is 23.1 Å². The quantitative estimate of drug-likeness (QED) is 0.412. The SMILES string of the molecule is CN(C)C(=O)Cc1ccc(N/N=C(\C#N)C(=N)N)cc1. The highest BCUT2D eigenvalue weighted by molar-refractivity contribution is 6.45. The van der Waals surface area contributed by atoms with Gasteiger partial charge in [-0.3, -0.25) is 15.6 Å². The summed E-state index contributed by atoms with van der Waals surface area (Å²) in [7, 11) is 3.41. The normalized spacial score (nSPS) is 10.6. The summed E-state index contributed by atoms with van der Waals surface area (Å²) in [6.07, 6.45) is 0.327. The van der Waals surface area contributed by atoms with E-state index in [2.05, 4.69) is 10.5 Å². The van der Waals surface area contributed by atoms with E-state index in [1.54, 1.807) is 44.4 Å². The van der Waals surface area contributed by atoms with Gasteiger partial charge in [-0.05, 0) is 17.7 Å². The highest BCUT2D eigenvalue weighted by atomic mass is 16.2. The standard InChI is InChI=1S/C13H16N6O/c1-19(2)12(20)7-9-3-5-10(6-4-9)17-18-11(8-14)13(15)16/h3-6,17H,7H2,1-2H3,(H3,15,16)/b18-11+. The number of hydrazone groups is 1. The molecule has 20 heavy (non-hydrogen) atoms. The maximum Gasteiger partial charge on any atom is 0.226 e. The van der Waals surface area contributed by atoms with Crippen molar-refractivity contribution in [2.24, 2.45) is 10.8 Å². The minimum Gasteiger partial charge on any atom is -0.382 e. The number of nitrogens with two attached hydrogens (primary N) is 1. The molecule has 0 aliphatic heterocycles. The number of carbonyl (C=O) groups excluding carboxylic acids is 1. The van der Waals surface area contributed by atoms with Gasteiger partial charge in [0.2, 0.25) is 11.6 Å². The van der Waals surface area contributed by atoms with Crippen molar-refractivity contribution in [2.75, 3.05) is 19.5 Å². The van der Waals surface area contributed by atoms with E-state index in [0.29, 0.717) is 12.1 Å². The molecule has 0 saturated heterocycles. The van der Waals surface area contributed by atoms with Crippen LogP contribution in [0.5, 0.6) is 0 Å². The number of carbonyl (C=O) groups is 1. The second-order valence-electron chi connectivity index (χ2n) is 4.26. The zero-order valence-corrected chi connectivity index (χ0v) is 11.3. The van der Waals surface area contributed by atoms with Gasteiger partial charge in [0.15, 0.2) is 5.84 Å². The number of amides is 1. The van der Waals surface area contributed by atoms with Crippen molar-refractivity contribution in [3.63, 3.8) is 0 Å². The van der Waals surface area contributed by atoms with E-state index < -0.39 is 5.84 Å². The number of likely N-dealkylation sites (N-methyl/N-ethyl adjacent to an activating group) is 1. The lowest BCUT2D eigenvalue weighted by Crippen LogP contribution is -2.23. The van der Waals surface area contributed by atoms with Crippen molar-refractivity contribution in [3.05, 3.63) is 29.8 Å². The first kappa shape index (κ1) is 15.2. The van der Waals surface area contributed by atoms with Gasteiger partial charge in [0.25, 0.3) is 0 Å². The van der Waals surface area contributed by atoms with Gasteiger partial charge in [-0.15, -0.1) is 0 Å². The number of nitrogens with one attached hydrogen (secondary N) is 2. The van der Waals surface area contributed by atoms with Crippen LogP contribution >= 0.6 is 0 Å². The van der Waals surface area contributed by atoms with Crippen LogP contribution in [0.15, 0.2) is 29.4 Å².